The van der Waals surface area contributed by atoms with Crippen LogP contribution in [-0.4, -0.2) is 43.3 Å². The Morgan fingerprint density at radius 1 is 1.32 bits per heavy atom. The Kier molecular flexibility index (Phi) is 8.30. The van der Waals surface area contributed by atoms with Crippen molar-refractivity contribution < 1.29 is 9.59 Å². The second kappa shape index (κ2) is 8.88. The molecule has 1 amide bonds. The van der Waals surface area contributed by atoms with Crippen LogP contribution < -0.4 is 11.1 Å². The highest BCUT2D eigenvalue weighted by atomic mass is 35.5. The number of nitrogens with one attached hydrogen (secondary N) is 1. The number of Topliss-reactive ketones (excluding diaryl/α,β-unsaturated/α-hetero) is 1. The first-order chi connectivity index (χ1) is 9.73. The summed E-state index contributed by atoms with van der Waals surface area (Å²) in [5.74, 6) is -0.126. The van der Waals surface area contributed by atoms with Crippen LogP contribution in [-0.2, 0) is 4.79 Å². The molecule has 0 aliphatic rings. The molecule has 124 valence electrons. The summed E-state index contributed by atoms with van der Waals surface area (Å²) in [4.78, 5) is 25.3. The van der Waals surface area contributed by atoms with E-state index in [2.05, 4.69) is 19.2 Å². The van der Waals surface area contributed by atoms with E-state index < -0.39 is 0 Å². The van der Waals surface area contributed by atoms with Crippen molar-refractivity contribution in [1.82, 2.24) is 4.90 Å². The zero-order valence-electron chi connectivity index (χ0n) is 13.7. The summed E-state index contributed by atoms with van der Waals surface area (Å²) in [5, 5.41) is 2.81. The van der Waals surface area contributed by atoms with E-state index in [1.165, 1.54) is 6.92 Å². The number of rotatable bonds is 7. The summed E-state index contributed by atoms with van der Waals surface area (Å²) in [7, 11) is 1.89. The van der Waals surface area contributed by atoms with Crippen LogP contribution in [0.15, 0.2) is 24.3 Å². The van der Waals surface area contributed by atoms with E-state index in [0.717, 1.165) is 6.54 Å². The van der Waals surface area contributed by atoms with Crippen molar-refractivity contribution in [3.05, 3.63) is 29.8 Å². The molecule has 1 aromatic carbocycles. The molecule has 0 bridgehead atoms. The molecular weight excluding hydrogens is 302 g/mol. The SMILES string of the molecule is CC(=O)c1cccc(NC(=O)CN(C)CC(C)(C)CN)c1.Cl. The molecule has 1 rings (SSSR count). The average Bonchev–Trinajstić information content (AvgIpc) is 2.37. The fraction of sp³-hybridized carbons (Fsp3) is 0.500. The van der Waals surface area contributed by atoms with Gasteiger partial charge in [-0.05, 0) is 38.1 Å². The molecule has 0 aromatic heterocycles. The minimum atomic E-state index is -0.106. The molecule has 0 spiro atoms. The number of likely N-dealkylation sites (N-methyl/N-ethyl adjacent to an activating group) is 1. The number of nitrogens with two attached hydrogens (primary N) is 1. The molecule has 0 aliphatic heterocycles. The van der Waals surface area contributed by atoms with Gasteiger partial charge >= 0.3 is 0 Å². The van der Waals surface area contributed by atoms with Gasteiger partial charge in [-0.3, -0.25) is 14.5 Å². The zero-order valence-corrected chi connectivity index (χ0v) is 14.5. The van der Waals surface area contributed by atoms with Crippen molar-refractivity contribution in [2.24, 2.45) is 11.1 Å². The van der Waals surface area contributed by atoms with Gasteiger partial charge in [0.15, 0.2) is 5.78 Å². The summed E-state index contributed by atoms with van der Waals surface area (Å²) in [6.45, 7) is 7.23. The predicted molar refractivity (Wildman–Crippen MR) is 92.7 cm³/mol. The smallest absolute Gasteiger partial charge is 0.238 e. The maximum absolute atomic E-state index is 12.0. The number of benzene rings is 1. The average molecular weight is 328 g/mol. The standard InChI is InChI=1S/C16H25N3O2.ClH/c1-12(20)13-6-5-7-14(8-13)18-15(21)9-19(4)11-16(2,3)10-17;/h5-8H,9-11,17H2,1-4H3,(H,18,21);1H. The van der Waals surface area contributed by atoms with E-state index in [1.807, 2.05) is 11.9 Å². The molecule has 0 radical (unpaired) electrons. The third kappa shape index (κ3) is 7.02. The van der Waals surface area contributed by atoms with Gasteiger partial charge in [-0.25, -0.2) is 0 Å². The summed E-state index contributed by atoms with van der Waals surface area (Å²) in [6.07, 6.45) is 0. The largest absolute Gasteiger partial charge is 0.330 e. The third-order valence-corrected chi connectivity index (χ3v) is 3.22. The fourth-order valence-electron chi connectivity index (χ4n) is 2.11. The number of carbonyl (C=O) groups excluding carboxylic acids is 2. The first-order valence-electron chi connectivity index (χ1n) is 7.03. The highest BCUT2D eigenvalue weighted by molar-refractivity contribution is 5.97. The Labute approximate surface area is 138 Å². The Bertz CT molecular complexity index is 518. The lowest BCUT2D eigenvalue weighted by molar-refractivity contribution is -0.117. The molecule has 1 aromatic rings. The number of anilines is 1. The van der Waals surface area contributed by atoms with Gasteiger partial charge in [0.25, 0.3) is 0 Å². The van der Waals surface area contributed by atoms with E-state index in [9.17, 15) is 9.59 Å². The quantitative estimate of drug-likeness (QED) is 0.753. The molecule has 22 heavy (non-hydrogen) atoms. The molecule has 0 atom stereocenters. The van der Waals surface area contributed by atoms with Crippen molar-refractivity contribution in [1.29, 1.82) is 0 Å². The fourth-order valence-corrected chi connectivity index (χ4v) is 2.11. The Morgan fingerprint density at radius 2 is 1.95 bits per heavy atom. The minimum absolute atomic E-state index is 0. The summed E-state index contributed by atoms with van der Waals surface area (Å²) in [5.41, 5.74) is 6.90. The maximum atomic E-state index is 12.0. The van der Waals surface area contributed by atoms with Gasteiger partial charge in [-0.2, -0.15) is 0 Å². The highest BCUT2D eigenvalue weighted by Gasteiger charge is 2.19. The second-order valence-corrected chi connectivity index (χ2v) is 6.23. The molecule has 0 saturated heterocycles. The number of ketones is 1. The van der Waals surface area contributed by atoms with Crippen molar-refractivity contribution in [3.63, 3.8) is 0 Å². The van der Waals surface area contributed by atoms with E-state index in [4.69, 9.17) is 5.73 Å². The maximum Gasteiger partial charge on any atom is 0.238 e. The van der Waals surface area contributed by atoms with E-state index in [0.29, 0.717) is 17.8 Å². The molecule has 5 nitrogen and oxygen atoms in total. The van der Waals surface area contributed by atoms with Crippen molar-refractivity contribution in [2.75, 3.05) is 32.0 Å². The van der Waals surface area contributed by atoms with Crippen molar-refractivity contribution in [2.45, 2.75) is 20.8 Å². The van der Waals surface area contributed by atoms with Crippen LogP contribution in [0.1, 0.15) is 31.1 Å². The van der Waals surface area contributed by atoms with Crippen LogP contribution in [0, 0.1) is 5.41 Å². The highest BCUT2D eigenvalue weighted by Crippen LogP contribution is 2.14. The topological polar surface area (TPSA) is 75.4 Å². The zero-order chi connectivity index (χ0) is 16.0. The third-order valence-electron chi connectivity index (χ3n) is 3.22. The Hall–Kier alpha value is -1.43. The van der Waals surface area contributed by atoms with E-state index in [1.54, 1.807) is 24.3 Å². The Balaban J connectivity index is 0.00000441. The summed E-state index contributed by atoms with van der Waals surface area (Å²) >= 11 is 0. The molecule has 0 aliphatic carbocycles. The predicted octanol–water partition coefficient (Wildman–Crippen LogP) is 2.17. The monoisotopic (exact) mass is 327 g/mol. The number of amides is 1. The lowest BCUT2D eigenvalue weighted by Crippen LogP contribution is -2.40. The molecular formula is C16H26ClN3O2. The second-order valence-electron chi connectivity index (χ2n) is 6.23. The van der Waals surface area contributed by atoms with Crippen molar-refractivity contribution >= 4 is 29.8 Å². The van der Waals surface area contributed by atoms with Crippen LogP contribution >= 0.6 is 12.4 Å². The first kappa shape index (κ1) is 20.6. The summed E-state index contributed by atoms with van der Waals surface area (Å²) < 4.78 is 0. The minimum Gasteiger partial charge on any atom is -0.330 e. The molecule has 0 fully saturated rings. The van der Waals surface area contributed by atoms with Crippen LogP contribution in [0.5, 0.6) is 0 Å². The lowest BCUT2D eigenvalue weighted by Gasteiger charge is -2.28. The van der Waals surface area contributed by atoms with Gasteiger partial charge in [0.05, 0.1) is 6.54 Å². The van der Waals surface area contributed by atoms with Crippen LogP contribution in [0.4, 0.5) is 5.69 Å². The van der Waals surface area contributed by atoms with Gasteiger partial charge in [-0.15, -0.1) is 12.4 Å². The van der Waals surface area contributed by atoms with Crippen LogP contribution in [0.25, 0.3) is 0 Å². The molecule has 0 unspecified atom stereocenters. The van der Waals surface area contributed by atoms with Gasteiger partial charge in [0, 0.05) is 17.8 Å². The normalized spacial score (nSPS) is 11.0. The summed E-state index contributed by atoms with van der Waals surface area (Å²) in [6, 6.07) is 6.94. The van der Waals surface area contributed by atoms with Gasteiger partial charge in [-0.1, -0.05) is 26.0 Å². The van der Waals surface area contributed by atoms with Crippen LogP contribution in [0.2, 0.25) is 0 Å². The van der Waals surface area contributed by atoms with E-state index >= 15 is 0 Å². The molecule has 0 saturated carbocycles. The van der Waals surface area contributed by atoms with Gasteiger partial charge in [0.2, 0.25) is 5.91 Å². The van der Waals surface area contributed by atoms with Gasteiger partial charge < -0.3 is 11.1 Å². The lowest BCUT2D eigenvalue weighted by atomic mass is 9.93. The Morgan fingerprint density at radius 3 is 2.50 bits per heavy atom. The molecule has 0 heterocycles. The molecule has 3 N–H and O–H groups in total. The molecule has 6 heteroatoms. The van der Waals surface area contributed by atoms with Crippen LogP contribution in [0.3, 0.4) is 0 Å². The van der Waals surface area contributed by atoms with E-state index in [-0.39, 0.29) is 36.1 Å². The first-order valence-corrected chi connectivity index (χ1v) is 7.03. The van der Waals surface area contributed by atoms with Gasteiger partial charge in [0.1, 0.15) is 0 Å². The number of hydrogen-bond acceptors (Lipinski definition) is 4. The van der Waals surface area contributed by atoms with Crippen molar-refractivity contribution in [3.8, 4) is 0 Å². The number of hydrogen-bond donors (Lipinski definition) is 2. The number of carbonyl (C=O) groups is 2. The number of halogens is 1. The number of nitrogens with zero attached hydrogens (tertiary/aromatic N) is 1.